The molecule has 1 fully saturated rings. The van der Waals surface area contributed by atoms with Gasteiger partial charge in [0.05, 0.1) is 21.7 Å². The van der Waals surface area contributed by atoms with Crippen LogP contribution in [0.15, 0.2) is 48.5 Å². The van der Waals surface area contributed by atoms with Gasteiger partial charge in [-0.25, -0.2) is 12.7 Å². The molecule has 5 nitrogen and oxygen atoms in total. The lowest BCUT2D eigenvalue weighted by Crippen LogP contribution is -2.47. The van der Waals surface area contributed by atoms with Crippen LogP contribution >= 0.6 is 23.2 Å². The lowest BCUT2D eigenvalue weighted by molar-refractivity contribution is -0.126. The van der Waals surface area contributed by atoms with E-state index in [-0.39, 0.29) is 30.2 Å². The van der Waals surface area contributed by atoms with E-state index in [1.165, 1.54) is 9.87 Å². The van der Waals surface area contributed by atoms with Gasteiger partial charge in [0.25, 0.3) is 0 Å². The van der Waals surface area contributed by atoms with Gasteiger partial charge in [0, 0.05) is 19.1 Å². The number of carbonyl (C=O) groups is 1. The maximum atomic E-state index is 12.9. The van der Waals surface area contributed by atoms with Crippen molar-refractivity contribution in [3.8, 4) is 0 Å². The van der Waals surface area contributed by atoms with Crippen molar-refractivity contribution in [3.63, 3.8) is 0 Å². The molecule has 1 heterocycles. The Morgan fingerprint density at radius 2 is 1.87 bits per heavy atom. The Kier molecular flexibility index (Phi) is 8.39. The van der Waals surface area contributed by atoms with E-state index in [2.05, 4.69) is 17.4 Å². The van der Waals surface area contributed by atoms with Crippen LogP contribution in [0.2, 0.25) is 10.0 Å². The summed E-state index contributed by atoms with van der Waals surface area (Å²) in [6.45, 7) is 2.63. The molecule has 0 saturated carbocycles. The van der Waals surface area contributed by atoms with Crippen LogP contribution in [0, 0.1) is 5.92 Å². The van der Waals surface area contributed by atoms with E-state index in [1.54, 1.807) is 18.2 Å². The first kappa shape index (κ1) is 24.1. The molecule has 0 spiro atoms. The van der Waals surface area contributed by atoms with Crippen LogP contribution in [0.3, 0.4) is 0 Å². The fourth-order valence-electron chi connectivity index (χ4n) is 3.80. The molecule has 2 unspecified atom stereocenters. The smallest absolute Gasteiger partial charge is 0.224 e. The number of rotatable bonds is 8. The third-order valence-electron chi connectivity index (χ3n) is 5.58. The summed E-state index contributed by atoms with van der Waals surface area (Å²) < 4.78 is 27.3. The minimum absolute atomic E-state index is 0.0240. The largest absolute Gasteiger partial charge is 0.353 e. The van der Waals surface area contributed by atoms with Crippen LogP contribution < -0.4 is 5.32 Å². The average Bonchev–Trinajstić information content (AvgIpc) is 2.75. The van der Waals surface area contributed by atoms with Crippen LogP contribution in [-0.2, 0) is 27.0 Å². The van der Waals surface area contributed by atoms with Gasteiger partial charge >= 0.3 is 0 Å². The molecule has 1 saturated heterocycles. The minimum atomic E-state index is -3.56. The Morgan fingerprint density at radius 3 is 2.58 bits per heavy atom. The van der Waals surface area contributed by atoms with E-state index in [0.29, 0.717) is 35.0 Å². The molecule has 168 valence electrons. The first-order valence-corrected chi connectivity index (χ1v) is 12.9. The highest BCUT2D eigenvalue weighted by Gasteiger charge is 2.32. The summed E-state index contributed by atoms with van der Waals surface area (Å²) in [7, 11) is -3.56. The Balaban J connectivity index is 1.54. The lowest BCUT2D eigenvalue weighted by Gasteiger charge is -2.32. The number of aryl methyl sites for hydroxylation is 1. The van der Waals surface area contributed by atoms with Crippen molar-refractivity contribution in [2.45, 2.75) is 44.4 Å². The molecular weight excluding hydrogens is 455 g/mol. The van der Waals surface area contributed by atoms with Crippen LogP contribution in [0.5, 0.6) is 0 Å². The van der Waals surface area contributed by atoms with Crippen molar-refractivity contribution in [1.29, 1.82) is 0 Å². The topological polar surface area (TPSA) is 66.5 Å². The van der Waals surface area contributed by atoms with Gasteiger partial charge in [-0.05, 0) is 55.9 Å². The molecule has 1 aliphatic rings. The standard InChI is InChI=1S/C23H28Cl2N2O3S/c1-17(9-10-18-6-3-2-4-7-18)26-23(28)20-8-5-13-27(15-20)31(29,30)16-19-11-12-21(24)22(25)14-19/h2-4,6-7,11-12,14,17,20H,5,8-10,13,15-16H2,1H3,(H,26,28). The fraction of sp³-hybridized carbons (Fsp3) is 0.435. The Morgan fingerprint density at radius 1 is 1.13 bits per heavy atom. The normalized spacial score (nSPS) is 18.5. The van der Waals surface area contributed by atoms with Gasteiger partial charge in [-0.2, -0.15) is 0 Å². The van der Waals surface area contributed by atoms with Crippen LogP contribution in [0.25, 0.3) is 0 Å². The molecular formula is C23H28Cl2N2O3S. The summed E-state index contributed by atoms with van der Waals surface area (Å²) in [6.07, 6.45) is 3.08. The monoisotopic (exact) mass is 482 g/mol. The highest BCUT2D eigenvalue weighted by atomic mass is 35.5. The third-order valence-corrected chi connectivity index (χ3v) is 8.13. The molecule has 0 radical (unpaired) electrons. The first-order chi connectivity index (χ1) is 14.7. The summed E-state index contributed by atoms with van der Waals surface area (Å²) in [5.41, 5.74) is 1.82. The van der Waals surface area contributed by atoms with Crippen molar-refractivity contribution in [1.82, 2.24) is 9.62 Å². The fourth-order valence-corrected chi connectivity index (χ4v) is 5.72. The van der Waals surface area contributed by atoms with E-state index in [1.807, 2.05) is 25.1 Å². The Hall–Kier alpha value is -1.60. The Labute approximate surface area is 194 Å². The number of halogens is 2. The van der Waals surface area contributed by atoms with Crippen molar-refractivity contribution in [2.24, 2.45) is 5.92 Å². The minimum Gasteiger partial charge on any atom is -0.353 e. The van der Waals surface area contributed by atoms with E-state index in [0.717, 1.165) is 12.8 Å². The number of hydrogen-bond acceptors (Lipinski definition) is 3. The van der Waals surface area contributed by atoms with Gasteiger partial charge in [0.2, 0.25) is 15.9 Å². The first-order valence-electron chi connectivity index (χ1n) is 10.5. The number of nitrogens with zero attached hydrogens (tertiary/aromatic N) is 1. The second-order valence-electron chi connectivity index (χ2n) is 8.14. The van der Waals surface area contributed by atoms with Gasteiger partial charge in [0.1, 0.15) is 0 Å². The van der Waals surface area contributed by atoms with Crippen molar-refractivity contribution >= 4 is 39.1 Å². The predicted octanol–water partition coefficient (Wildman–Crippen LogP) is 4.67. The molecule has 2 aromatic carbocycles. The number of sulfonamides is 1. The zero-order valence-corrected chi connectivity index (χ0v) is 19.9. The lowest BCUT2D eigenvalue weighted by atomic mass is 9.98. The van der Waals surface area contributed by atoms with Gasteiger partial charge in [-0.15, -0.1) is 0 Å². The van der Waals surface area contributed by atoms with Gasteiger partial charge in [0.15, 0.2) is 0 Å². The molecule has 31 heavy (non-hydrogen) atoms. The summed E-state index contributed by atoms with van der Waals surface area (Å²) in [4.78, 5) is 12.8. The molecule has 1 N–H and O–H groups in total. The number of carbonyl (C=O) groups excluding carboxylic acids is 1. The van der Waals surface area contributed by atoms with Gasteiger partial charge in [-0.1, -0.05) is 59.6 Å². The van der Waals surface area contributed by atoms with Crippen molar-refractivity contribution < 1.29 is 13.2 Å². The van der Waals surface area contributed by atoms with Crippen LogP contribution in [-0.4, -0.2) is 37.8 Å². The number of hydrogen-bond donors (Lipinski definition) is 1. The molecule has 2 aromatic rings. The summed E-state index contributed by atoms with van der Waals surface area (Å²) >= 11 is 11.9. The molecule has 3 rings (SSSR count). The second-order valence-corrected chi connectivity index (χ2v) is 10.9. The molecule has 1 aliphatic heterocycles. The number of piperidine rings is 1. The molecule has 8 heteroatoms. The number of benzene rings is 2. The zero-order valence-electron chi connectivity index (χ0n) is 17.6. The van der Waals surface area contributed by atoms with Gasteiger partial charge < -0.3 is 5.32 Å². The van der Waals surface area contributed by atoms with E-state index >= 15 is 0 Å². The predicted molar refractivity (Wildman–Crippen MR) is 126 cm³/mol. The van der Waals surface area contributed by atoms with Crippen molar-refractivity contribution in [2.75, 3.05) is 13.1 Å². The summed E-state index contributed by atoms with van der Waals surface area (Å²) in [5, 5.41) is 3.78. The maximum Gasteiger partial charge on any atom is 0.224 e. The molecule has 0 aliphatic carbocycles. The highest BCUT2D eigenvalue weighted by Crippen LogP contribution is 2.26. The summed E-state index contributed by atoms with van der Waals surface area (Å²) in [6, 6.07) is 15.0. The zero-order chi connectivity index (χ0) is 22.4. The average molecular weight is 483 g/mol. The number of amides is 1. The molecule has 1 amide bonds. The molecule has 2 atom stereocenters. The van der Waals surface area contributed by atoms with Crippen molar-refractivity contribution in [3.05, 3.63) is 69.7 Å². The van der Waals surface area contributed by atoms with Crippen LogP contribution in [0.1, 0.15) is 37.3 Å². The second kappa shape index (κ2) is 10.8. The van der Waals surface area contributed by atoms with Gasteiger partial charge in [-0.3, -0.25) is 4.79 Å². The molecule has 0 aromatic heterocycles. The van der Waals surface area contributed by atoms with Crippen LogP contribution in [0.4, 0.5) is 0 Å². The van der Waals surface area contributed by atoms with E-state index < -0.39 is 10.0 Å². The highest BCUT2D eigenvalue weighted by molar-refractivity contribution is 7.88. The SMILES string of the molecule is CC(CCc1ccccc1)NC(=O)C1CCCN(S(=O)(=O)Cc2ccc(Cl)c(Cl)c2)C1. The quantitative estimate of drug-likeness (QED) is 0.594. The van der Waals surface area contributed by atoms with E-state index in [4.69, 9.17) is 23.2 Å². The number of nitrogens with one attached hydrogen (secondary N) is 1. The Bertz CT molecular complexity index is 999. The van der Waals surface area contributed by atoms with E-state index in [9.17, 15) is 13.2 Å². The molecule has 0 bridgehead atoms. The summed E-state index contributed by atoms with van der Waals surface area (Å²) in [5.74, 6) is -0.572. The third kappa shape index (κ3) is 6.94. The maximum absolute atomic E-state index is 12.9.